The van der Waals surface area contributed by atoms with E-state index in [0.717, 1.165) is 16.4 Å². The molecule has 0 amide bonds. The lowest BCUT2D eigenvalue weighted by Gasteiger charge is -2.28. The van der Waals surface area contributed by atoms with Crippen LogP contribution in [0.1, 0.15) is 5.56 Å². The number of hydrogen-bond donors (Lipinski definition) is 0. The van der Waals surface area contributed by atoms with Crippen LogP contribution < -0.4 is 20.7 Å². The number of ether oxygens (including phenoxy) is 1. The summed E-state index contributed by atoms with van der Waals surface area (Å²) in [6, 6.07) is 39.1. The highest BCUT2D eigenvalue weighted by atomic mass is 79.9. The highest BCUT2D eigenvalue weighted by Crippen LogP contribution is 2.58. The average Bonchev–Trinajstić information content (AvgIpc) is 2.80. The summed E-state index contributed by atoms with van der Waals surface area (Å²) in [6.07, 6.45) is 0.919. The fraction of sp³-hybridized carbons (Fsp3) is 0.0769. The van der Waals surface area contributed by atoms with Gasteiger partial charge in [0.1, 0.15) is 28.9 Å². The highest BCUT2D eigenvalue weighted by molar-refractivity contribution is 9.10. The van der Waals surface area contributed by atoms with Gasteiger partial charge in [-0.25, -0.2) is 0 Å². The lowest BCUT2D eigenvalue weighted by molar-refractivity contribution is 0.414. The van der Waals surface area contributed by atoms with Crippen LogP contribution in [0.3, 0.4) is 0 Å². The predicted octanol–water partition coefficient (Wildman–Crippen LogP) is 5.95. The van der Waals surface area contributed by atoms with Crippen LogP contribution in [0.4, 0.5) is 0 Å². The van der Waals surface area contributed by atoms with Crippen molar-refractivity contribution in [1.82, 2.24) is 0 Å². The SMILES string of the molecule is COc1ccc(Br)c(C[P+](c2ccccc2)(c2ccccc2)c2ccccc2)c1. The summed E-state index contributed by atoms with van der Waals surface area (Å²) in [7, 11) is -0.195. The summed E-state index contributed by atoms with van der Waals surface area (Å²) in [5.74, 6) is 0.885. The Balaban J connectivity index is 2.01. The van der Waals surface area contributed by atoms with Crippen LogP contribution in [0.2, 0.25) is 0 Å². The van der Waals surface area contributed by atoms with Crippen LogP contribution in [-0.2, 0) is 6.16 Å². The molecule has 4 aromatic rings. The van der Waals surface area contributed by atoms with Crippen molar-refractivity contribution >= 4 is 39.1 Å². The first-order valence-electron chi connectivity index (χ1n) is 9.61. The van der Waals surface area contributed by atoms with E-state index < -0.39 is 7.26 Å². The maximum absolute atomic E-state index is 5.53. The molecule has 0 fully saturated rings. The molecule has 3 heteroatoms. The summed E-state index contributed by atoms with van der Waals surface area (Å²) in [5.41, 5.74) is 1.26. The summed E-state index contributed by atoms with van der Waals surface area (Å²) in [6.45, 7) is 0. The van der Waals surface area contributed by atoms with E-state index in [1.54, 1.807) is 7.11 Å². The van der Waals surface area contributed by atoms with Crippen LogP contribution in [0.25, 0.3) is 0 Å². The first-order chi connectivity index (χ1) is 14.2. The predicted molar refractivity (Wildman–Crippen MR) is 130 cm³/mol. The van der Waals surface area contributed by atoms with Gasteiger partial charge in [-0.15, -0.1) is 0 Å². The smallest absolute Gasteiger partial charge is 0.119 e. The minimum atomic E-state index is -1.92. The van der Waals surface area contributed by atoms with Crippen LogP contribution in [-0.4, -0.2) is 7.11 Å². The molecule has 29 heavy (non-hydrogen) atoms. The van der Waals surface area contributed by atoms with E-state index in [4.69, 9.17) is 4.74 Å². The minimum absolute atomic E-state index is 0.885. The molecule has 0 bridgehead atoms. The largest absolute Gasteiger partial charge is 0.497 e. The fourth-order valence-corrected chi connectivity index (χ4v) is 8.68. The maximum Gasteiger partial charge on any atom is 0.119 e. The Morgan fingerprint density at radius 1 is 0.655 bits per heavy atom. The number of rotatable bonds is 6. The Kier molecular flexibility index (Phi) is 6.13. The van der Waals surface area contributed by atoms with E-state index in [1.807, 2.05) is 6.07 Å². The van der Waals surface area contributed by atoms with Crippen molar-refractivity contribution in [3.8, 4) is 5.75 Å². The highest BCUT2D eigenvalue weighted by Gasteiger charge is 2.45. The van der Waals surface area contributed by atoms with Gasteiger partial charge in [0.25, 0.3) is 0 Å². The van der Waals surface area contributed by atoms with Crippen molar-refractivity contribution in [2.75, 3.05) is 7.11 Å². The van der Waals surface area contributed by atoms with Gasteiger partial charge in [-0.05, 0) is 54.6 Å². The second-order valence-corrected chi connectivity index (χ2v) is 11.3. The van der Waals surface area contributed by atoms with Crippen molar-refractivity contribution in [2.45, 2.75) is 6.16 Å². The van der Waals surface area contributed by atoms with Gasteiger partial charge in [-0.3, -0.25) is 0 Å². The molecule has 4 aromatic carbocycles. The Morgan fingerprint density at radius 3 is 1.52 bits per heavy atom. The van der Waals surface area contributed by atoms with Crippen molar-refractivity contribution in [1.29, 1.82) is 0 Å². The van der Waals surface area contributed by atoms with Gasteiger partial charge in [0.2, 0.25) is 0 Å². The molecule has 0 spiro atoms. The molecule has 0 saturated heterocycles. The Morgan fingerprint density at radius 2 is 1.10 bits per heavy atom. The van der Waals surface area contributed by atoms with Gasteiger partial charge in [0.05, 0.1) is 13.3 Å². The molecule has 0 aliphatic heterocycles. The minimum Gasteiger partial charge on any atom is -0.497 e. The zero-order valence-electron chi connectivity index (χ0n) is 16.3. The number of hydrogen-bond acceptors (Lipinski definition) is 1. The third-order valence-corrected chi connectivity index (χ3v) is 10.4. The van der Waals surface area contributed by atoms with Gasteiger partial charge in [0.15, 0.2) is 0 Å². The third-order valence-electron chi connectivity index (χ3n) is 5.25. The Hall–Kier alpha value is -2.41. The Labute approximate surface area is 181 Å². The zero-order chi connectivity index (χ0) is 20.1. The molecule has 0 saturated carbocycles. The number of methoxy groups -OCH3 is 1. The molecule has 144 valence electrons. The van der Waals surface area contributed by atoms with Crippen molar-refractivity contribution in [2.24, 2.45) is 0 Å². The molecule has 0 aliphatic carbocycles. The summed E-state index contributed by atoms with van der Waals surface area (Å²) in [4.78, 5) is 0. The zero-order valence-corrected chi connectivity index (χ0v) is 18.8. The lowest BCUT2D eigenvalue weighted by atomic mass is 10.2. The molecule has 0 N–H and O–H groups in total. The molecule has 0 atom stereocenters. The van der Waals surface area contributed by atoms with Crippen molar-refractivity contribution < 1.29 is 4.74 Å². The van der Waals surface area contributed by atoms with Crippen molar-refractivity contribution in [3.63, 3.8) is 0 Å². The van der Waals surface area contributed by atoms with Gasteiger partial charge >= 0.3 is 0 Å². The second-order valence-electron chi connectivity index (χ2n) is 6.93. The molecular formula is C26H23BrOP+. The standard InChI is InChI=1S/C26H23BrOP/c1-28-22-17-18-26(27)21(19-22)20-29(23-11-5-2-6-12-23,24-13-7-3-8-14-24)25-15-9-4-10-16-25/h2-19H,20H2,1H3/q+1. The van der Waals surface area contributed by atoms with E-state index in [1.165, 1.54) is 21.5 Å². The van der Waals surface area contributed by atoms with E-state index in [0.29, 0.717) is 0 Å². The molecule has 0 unspecified atom stereocenters. The van der Waals surface area contributed by atoms with E-state index in [-0.39, 0.29) is 0 Å². The fourth-order valence-electron chi connectivity index (χ4n) is 3.82. The normalized spacial score (nSPS) is 11.2. The van der Waals surface area contributed by atoms with Crippen molar-refractivity contribution in [3.05, 3.63) is 119 Å². The number of benzene rings is 4. The molecule has 0 heterocycles. The molecule has 4 rings (SSSR count). The number of halogens is 1. The lowest BCUT2D eigenvalue weighted by Crippen LogP contribution is -2.32. The first-order valence-corrected chi connectivity index (χ1v) is 12.4. The summed E-state index contributed by atoms with van der Waals surface area (Å²) in [5, 5.41) is 4.14. The quantitative estimate of drug-likeness (QED) is 0.322. The molecule has 1 nitrogen and oxygen atoms in total. The van der Waals surface area contributed by atoms with E-state index in [2.05, 4.69) is 119 Å². The molecule has 0 aliphatic rings. The first kappa shape index (κ1) is 19.9. The third kappa shape index (κ3) is 4.01. The molecular weight excluding hydrogens is 439 g/mol. The van der Waals surface area contributed by atoms with Crippen LogP contribution in [0.5, 0.6) is 5.75 Å². The van der Waals surface area contributed by atoms with E-state index >= 15 is 0 Å². The maximum atomic E-state index is 5.53. The van der Waals surface area contributed by atoms with Crippen LogP contribution in [0, 0.1) is 0 Å². The van der Waals surface area contributed by atoms with E-state index in [9.17, 15) is 0 Å². The van der Waals surface area contributed by atoms with Crippen LogP contribution >= 0.6 is 23.2 Å². The Bertz CT molecular complexity index is 969. The van der Waals surface area contributed by atoms with Gasteiger partial charge < -0.3 is 4.74 Å². The summed E-state index contributed by atoms with van der Waals surface area (Å²) < 4.78 is 6.65. The topological polar surface area (TPSA) is 9.23 Å². The van der Waals surface area contributed by atoms with Crippen LogP contribution in [0.15, 0.2) is 114 Å². The van der Waals surface area contributed by atoms with Gasteiger partial charge in [-0.1, -0.05) is 70.5 Å². The second kappa shape index (κ2) is 8.95. The van der Waals surface area contributed by atoms with Gasteiger partial charge in [-0.2, -0.15) is 0 Å². The summed E-state index contributed by atoms with van der Waals surface area (Å²) >= 11 is 3.79. The average molecular weight is 462 g/mol. The monoisotopic (exact) mass is 461 g/mol. The van der Waals surface area contributed by atoms with Gasteiger partial charge in [0, 0.05) is 10.0 Å². The molecule has 0 aromatic heterocycles. The molecule has 0 radical (unpaired) electrons.